The van der Waals surface area contributed by atoms with E-state index in [1.165, 1.54) is 6.33 Å². The topological polar surface area (TPSA) is 65.2 Å². The molecule has 0 saturated carbocycles. The summed E-state index contributed by atoms with van der Waals surface area (Å²) in [4.78, 5) is 10.4. The Kier molecular flexibility index (Phi) is 2.82. The third kappa shape index (κ3) is 1.48. The minimum atomic E-state index is 0. The summed E-state index contributed by atoms with van der Waals surface area (Å²) < 4.78 is 5.55. The third-order valence-electron chi connectivity index (χ3n) is 2.71. The molecule has 3 rings (SSSR count). The number of hydrogen-bond donors (Lipinski definition) is 0. The molecule has 1 aliphatic heterocycles. The van der Waals surface area contributed by atoms with Crippen LogP contribution in [0.2, 0.25) is 0 Å². The zero-order valence-electron chi connectivity index (χ0n) is 8.88. The summed E-state index contributed by atoms with van der Waals surface area (Å²) in [6, 6.07) is 0.261. The van der Waals surface area contributed by atoms with Gasteiger partial charge < -0.3 is 19.7 Å². The fraction of sp³-hybridized carbons (Fsp3) is 0.444. The Balaban J connectivity index is 0.000000963. The molecule has 16 heavy (non-hydrogen) atoms. The molecule has 6 nitrogen and oxygen atoms in total. The average molecular weight is 390 g/mol. The van der Waals surface area contributed by atoms with Crippen molar-refractivity contribution in [2.75, 3.05) is 18.6 Å². The maximum absolute atomic E-state index is 5.55. The maximum atomic E-state index is 5.55. The molecule has 0 aliphatic carbocycles. The Hall–Kier alpha value is -1.19. The van der Waals surface area contributed by atoms with Gasteiger partial charge in [0.2, 0.25) is 5.88 Å². The van der Waals surface area contributed by atoms with E-state index in [0.717, 1.165) is 11.2 Å². The van der Waals surface area contributed by atoms with Gasteiger partial charge in [-0.2, -0.15) is 0 Å². The van der Waals surface area contributed by atoms with E-state index in [1.807, 2.05) is 7.05 Å². The van der Waals surface area contributed by atoms with Crippen LogP contribution in [-0.4, -0.2) is 34.8 Å². The Labute approximate surface area is 106 Å². The van der Waals surface area contributed by atoms with Gasteiger partial charge in [-0.1, -0.05) is 0 Å². The van der Waals surface area contributed by atoms with Crippen LogP contribution in [0.3, 0.4) is 0 Å². The maximum Gasteiger partial charge on any atom is 0.223 e. The van der Waals surface area contributed by atoms with Crippen LogP contribution in [0.1, 0.15) is 6.92 Å². The number of rotatable bonds is 0. The molecule has 0 spiro atoms. The minimum Gasteiger partial charge on any atom is -0.475 e. The number of aromatic nitrogens is 4. The van der Waals surface area contributed by atoms with Crippen LogP contribution in [0.4, 0.5) is 5.82 Å². The van der Waals surface area contributed by atoms with E-state index in [0.29, 0.717) is 18.1 Å². The molecule has 0 aromatic carbocycles. The van der Waals surface area contributed by atoms with Gasteiger partial charge in [-0.25, -0.2) is 10.1 Å². The van der Waals surface area contributed by atoms with Crippen molar-refractivity contribution in [2.24, 2.45) is 0 Å². The van der Waals surface area contributed by atoms with E-state index in [1.54, 1.807) is 0 Å². The number of anilines is 1. The van der Waals surface area contributed by atoms with Crippen LogP contribution in [0.15, 0.2) is 6.33 Å². The normalized spacial score (nSPS) is 18.9. The molecule has 2 aromatic rings. The van der Waals surface area contributed by atoms with E-state index in [-0.39, 0.29) is 26.5 Å². The van der Waals surface area contributed by atoms with Crippen LogP contribution in [-0.2, 0) is 20.4 Å². The first-order chi connectivity index (χ1) is 7.27. The van der Waals surface area contributed by atoms with E-state index >= 15 is 0 Å². The number of ether oxygens (including phenoxy) is 1. The zero-order valence-corrected chi connectivity index (χ0v) is 11.6. The average Bonchev–Trinajstić information content (AvgIpc) is 2.62. The molecule has 0 fully saturated rings. The van der Waals surface area contributed by atoms with Crippen LogP contribution in [0.5, 0.6) is 5.88 Å². The SMILES string of the molecule is C[C@@H]1COc2n[n-]c3ncnc(c23)N1C.[Re]. The second-order valence-electron chi connectivity index (χ2n) is 3.67. The minimum absolute atomic E-state index is 0. The molecule has 0 amide bonds. The van der Waals surface area contributed by atoms with Gasteiger partial charge >= 0.3 is 0 Å². The largest absolute Gasteiger partial charge is 0.475 e. The molecule has 0 saturated heterocycles. The smallest absolute Gasteiger partial charge is 0.223 e. The first-order valence-corrected chi connectivity index (χ1v) is 4.77. The van der Waals surface area contributed by atoms with Crippen molar-refractivity contribution in [2.45, 2.75) is 13.0 Å². The van der Waals surface area contributed by atoms with Gasteiger partial charge in [0.1, 0.15) is 12.4 Å². The van der Waals surface area contributed by atoms with Crippen LogP contribution in [0.25, 0.3) is 11.0 Å². The Bertz CT molecular complexity index is 514. The van der Waals surface area contributed by atoms with Crippen LogP contribution in [0, 0.1) is 0 Å². The molecule has 2 aromatic heterocycles. The second-order valence-corrected chi connectivity index (χ2v) is 3.67. The Morgan fingerprint density at radius 1 is 1.50 bits per heavy atom. The molecule has 0 unspecified atom stereocenters. The van der Waals surface area contributed by atoms with Gasteiger partial charge in [0.25, 0.3) is 0 Å². The van der Waals surface area contributed by atoms with Crippen molar-refractivity contribution in [1.82, 2.24) is 20.2 Å². The molecular weight excluding hydrogens is 380 g/mol. The standard InChI is InChI=1S/C9H10N5O.Re/c1-5-3-15-9-6-7(12-13-9)10-4-11-8(6)14(5)2;/h4-5H,3H2,1-2H3;/q-1;/t5-;/m1./s1. The van der Waals surface area contributed by atoms with E-state index < -0.39 is 0 Å². The van der Waals surface area contributed by atoms with Gasteiger partial charge in [-0.3, -0.25) is 0 Å². The van der Waals surface area contributed by atoms with Crippen molar-refractivity contribution in [3.63, 3.8) is 0 Å². The summed E-state index contributed by atoms with van der Waals surface area (Å²) in [5, 5.41) is 8.70. The van der Waals surface area contributed by atoms with Gasteiger partial charge in [-0.15, -0.1) is 0 Å². The van der Waals surface area contributed by atoms with Crippen LogP contribution >= 0.6 is 0 Å². The van der Waals surface area contributed by atoms with Gasteiger partial charge in [0.05, 0.1) is 11.4 Å². The van der Waals surface area contributed by atoms with Gasteiger partial charge in [0, 0.05) is 33.8 Å². The molecule has 0 N–H and O–H groups in total. The predicted octanol–water partition coefficient (Wildman–Crippen LogP) is 0.197. The van der Waals surface area contributed by atoms with Gasteiger partial charge in [0.15, 0.2) is 0 Å². The molecule has 1 atom stereocenters. The van der Waals surface area contributed by atoms with E-state index in [4.69, 9.17) is 4.74 Å². The fourth-order valence-corrected chi connectivity index (χ4v) is 1.67. The molecule has 7 heteroatoms. The van der Waals surface area contributed by atoms with Crippen LogP contribution < -0.4 is 14.7 Å². The van der Waals surface area contributed by atoms with E-state index in [2.05, 4.69) is 32.0 Å². The molecule has 1 radical (unpaired) electrons. The van der Waals surface area contributed by atoms with E-state index in [9.17, 15) is 0 Å². The fourth-order valence-electron chi connectivity index (χ4n) is 1.67. The van der Waals surface area contributed by atoms with Crippen molar-refractivity contribution in [1.29, 1.82) is 0 Å². The molecule has 3 heterocycles. The summed E-state index contributed by atoms with van der Waals surface area (Å²) in [6.45, 7) is 2.66. The molecule has 0 bridgehead atoms. The molecular formula is C9H10N5ORe-. The van der Waals surface area contributed by atoms with Crippen molar-refractivity contribution >= 4 is 16.9 Å². The zero-order chi connectivity index (χ0) is 10.4. The monoisotopic (exact) mass is 391 g/mol. The number of nitrogens with zero attached hydrogens (tertiary/aromatic N) is 5. The first kappa shape index (κ1) is 11.3. The molecule has 1 aliphatic rings. The Morgan fingerprint density at radius 3 is 3.12 bits per heavy atom. The number of hydrogen-bond acceptors (Lipinski definition) is 5. The van der Waals surface area contributed by atoms with Gasteiger partial charge in [-0.05, 0) is 12.6 Å². The summed E-state index contributed by atoms with van der Waals surface area (Å²) in [7, 11) is 1.98. The molecule has 85 valence electrons. The Morgan fingerprint density at radius 2 is 2.31 bits per heavy atom. The summed E-state index contributed by atoms with van der Waals surface area (Å²) in [5.41, 5.74) is 0.593. The quantitative estimate of drug-likeness (QED) is 0.640. The predicted molar refractivity (Wildman–Crippen MR) is 54.0 cm³/mol. The first-order valence-electron chi connectivity index (χ1n) is 4.77. The summed E-state index contributed by atoms with van der Waals surface area (Å²) >= 11 is 0. The third-order valence-corrected chi connectivity index (χ3v) is 2.71. The number of likely N-dealkylation sites (N-methyl/N-ethyl adjacent to an activating group) is 1. The van der Waals surface area contributed by atoms with Crippen molar-refractivity contribution in [3.05, 3.63) is 6.33 Å². The summed E-state index contributed by atoms with van der Waals surface area (Å²) in [5.74, 6) is 1.38. The second kappa shape index (κ2) is 4.00. The summed E-state index contributed by atoms with van der Waals surface area (Å²) in [6.07, 6.45) is 1.50. The van der Waals surface area contributed by atoms with Crippen molar-refractivity contribution < 1.29 is 25.2 Å². The van der Waals surface area contributed by atoms with Crippen molar-refractivity contribution in [3.8, 4) is 5.88 Å².